The maximum Gasteiger partial charge on any atom is 0.211 e. The third-order valence-electron chi connectivity index (χ3n) is 2.12. The lowest BCUT2D eigenvalue weighted by molar-refractivity contribution is 0.309. The van der Waals surface area contributed by atoms with Crippen molar-refractivity contribution in [3.63, 3.8) is 0 Å². The minimum atomic E-state index is -3.02. The lowest BCUT2D eigenvalue weighted by Crippen LogP contribution is -2.35. The number of nitrogens with zero attached hydrogens (tertiary/aromatic N) is 1. The lowest BCUT2D eigenvalue weighted by Gasteiger charge is -2.17. The first-order valence-corrected chi connectivity index (χ1v) is 6.90. The number of rotatable bonds is 8. The molecule has 14 heavy (non-hydrogen) atoms. The Morgan fingerprint density at radius 3 is 2.14 bits per heavy atom. The molecular formula is C9H22N2O2S. The molecule has 1 N–H and O–H groups in total. The summed E-state index contributed by atoms with van der Waals surface area (Å²) in [6, 6.07) is 0. The molecular weight excluding hydrogens is 200 g/mol. The normalized spacial score (nSPS) is 12.3. The highest BCUT2D eigenvalue weighted by molar-refractivity contribution is 7.89. The molecule has 0 spiro atoms. The SMILES string of the molecule is CCCS(=O)(=O)NCCN(CC)CC. The Morgan fingerprint density at radius 1 is 1.14 bits per heavy atom. The van der Waals surface area contributed by atoms with Gasteiger partial charge in [-0.1, -0.05) is 20.8 Å². The average molecular weight is 222 g/mol. The van der Waals surface area contributed by atoms with E-state index in [0.29, 0.717) is 13.0 Å². The van der Waals surface area contributed by atoms with Crippen molar-refractivity contribution >= 4 is 10.0 Å². The maximum absolute atomic E-state index is 11.3. The van der Waals surface area contributed by atoms with E-state index in [-0.39, 0.29) is 5.75 Å². The summed E-state index contributed by atoms with van der Waals surface area (Å²) in [6.45, 7) is 9.25. The van der Waals surface area contributed by atoms with Crippen molar-refractivity contribution in [2.45, 2.75) is 27.2 Å². The van der Waals surface area contributed by atoms with Crippen LogP contribution in [0.1, 0.15) is 27.2 Å². The summed E-state index contributed by atoms with van der Waals surface area (Å²) in [5, 5.41) is 0. The van der Waals surface area contributed by atoms with Crippen LogP contribution in [-0.2, 0) is 10.0 Å². The molecule has 0 saturated heterocycles. The Hall–Kier alpha value is -0.130. The third-order valence-corrected chi connectivity index (χ3v) is 3.71. The zero-order chi connectivity index (χ0) is 11.0. The molecule has 5 heteroatoms. The topological polar surface area (TPSA) is 49.4 Å². The molecule has 4 nitrogen and oxygen atoms in total. The molecule has 0 amide bonds. The smallest absolute Gasteiger partial charge is 0.211 e. The van der Waals surface area contributed by atoms with Crippen LogP contribution in [0.15, 0.2) is 0 Å². The van der Waals surface area contributed by atoms with Crippen molar-refractivity contribution in [3.05, 3.63) is 0 Å². The van der Waals surface area contributed by atoms with E-state index in [9.17, 15) is 8.42 Å². The van der Waals surface area contributed by atoms with Crippen LogP contribution in [-0.4, -0.2) is 45.2 Å². The molecule has 0 aliphatic rings. The summed E-state index contributed by atoms with van der Waals surface area (Å²) in [5.74, 6) is 0.227. The van der Waals surface area contributed by atoms with Crippen molar-refractivity contribution in [1.82, 2.24) is 9.62 Å². The first-order chi connectivity index (χ1) is 6.55. The first kappa shape index (κ1) is 13.9. The van der Waals surface area contributed by atoms with Gasteiger partial charge in [-0.25, -0.2) is 13.1 Å². The minimum Gasteiger partial charge on any atom is -0.303 e. The van der Waals surface area contributed by atoms with E-state index >= 15 is 0 Å². The van der Waals surface area contributed by atoms with Crippen molar-refractivity contribution in [2.75, 3.05) is 31.9 Å². The van der Waals surface area contributed by atoms with E-state index in [2.05, 4.69) is 23.5 Å². The van der Waals surface area contributed by atoms with Gasteiger partial charge in [0.2, 0.25) is 10.0 Å². The molecule has 0 atom stereocenters. The molecule has 0 aliphatic carbocycles. The van der Waals surface area contributed by atoms with Gasteiger partial charge in [-0.3, -0.25) is 0 Å². The zero-order valence-electron chi connectivity index (χ0n) is 9.41. The Labute approximate surface area is 87.7 Å². The number of likely N-dealkylation sites (N-methyl/N-ethyl adjacent to an activating group) is 1. The highest BCUT2D eigenvalue weighted by atomic mass is 32.2. The van der Waals surface area contributed by atoms with Gasteiger partial charge >= 0.3 is 0 Å². The highest BCUT2D eigenvalue weighted by Gasteiger charge is 2.07. The molecule has 0 aromatic rings. The van der Waals surface area contributed by atoms with Crippen molar-refractivity contribution < 1.29 is 8.42 Å². The summed E-state index contributed by atoms with van der Waals surface area (Å²) in [6.07, 6.45) is 0.667. The van der Waals surface area contributed by atoms with Gasteiger partial charge < -0.3 is 4.90 Å². The predicted octanol–water partition coefficient (Wildman–Crippen LogP) is 0.658. The van der Waals surface area contributed by atoms with Crippen LogP contribution in [0.5, 0.6) is 0 Å². The van der Waals surface area contributed by atoms with Gasteiger partial charge in [0.05, 0.1) is 5.75 Å². The van der Waals surface area contributed by atoms with E-state index in [4.69, 9.17) is 0 Å². The zero-order valence-corrected chi connectivity index (χ0v) is 10.2. The summed E-state index contributed by atoms with van der Waals surface area (Å²) in [7, 11) is -3.02. The average Bonchev–Trinajstić information content (AvgIpc) is 2.12. The maximum atomic E-state index is 11.3. The Bertz CT molecular complexity index is 223. The predicted molar refractivity (Wildman–Crippen MR) is 59.9 cm³/mol. The van der Waals surface area contributed by atoms with Crippen LogP contribution in [0.4, 0.5) is 0 Å². The van der Waals surface area contributed by atoms with Crippen LogP contribution >= 0.6 is 0 Å². The van der Waals surface area contributed by atoms with Gasteiger partial charge in [-0.15, -0.1) is 0 Å². The van der Waals surface area contributed by atoms with Crippen LogP contribution in [0.25, 0.3) is 0 Å². The molecule has 0 aliphatic heterocycles. The largest absolute Gasteiger partial charge is 0.303 e. The molecule has 0 radical (unpaired) electrons. The second-order valence-electron chi connectivity index (χ2n) is 3.24. The number of hydrogen-bond donors (Lipinski definition) is 1. The summed E-state index contributed by atoms with van der Waals surface area (Å²) < 4.78 is 25.1. The fourth-order valence-corrected chi connectivity index (χ4v) is 2.32. The van der Waals surface area contributed by atoms with Gasteiger partial charge in [-0.05, 0) is 19.5 Å². The Kier molecular flexibility index (Phi) is 7.13. The summed E-state index contributed by atoms with van der Waals surface area (Å²) >= 11 is 0. The van der Waals surface area contributed by atoms with Crippen molar-refractivity contribution in [1.29, 1.82) is 0 Å². The molecule has 0 aromatic heterocycles. The standard InChI is InChI=1S/C9H22N2O2S/c1-4-9-14(12,13)10-7-8-11(5-2)6-3/h10H,4-9H2,1-3H3. The molecule has 0 heterocycles. The fourth-order valence-electron chi connectivity index (χ4n) is 1.24. The van der Waals surface area contributed by atoms with E-state index in [1.54, 1.807) is 0 Å². The Balaban J connectivity index is 3.72. The van der Waals surface area contributed by atoms with Gasteiger partial charge in [0, 0.05) is 13.1 Å². The quantitative estimate of drug-likeness (QED) is 0.656. The minimum absolute atomic E-state index is 0.227. The second kappa shape index (κ2) is 7.20. The molecule has 0 unspecified atom stereocenters. The summed E-state index contributed by atoms with van der Waals surface area (Å²) in [5.41, 5.74) is 0. The van der Waals surface area contributed by atoms with Gasteiger partial charge in [-0.2, -0.15) is 0 Å². The van der Waals surface area contributed by atoms with E-state index in [1.165, 1.54) is 0 Å². The molecule has 86 valence electrons. The van der Waals surface area contributed by atoms with Crippen LogP contribution in [0, 0.1) is 0 Å². The number of hydrogen-bond acceptors (Lipinski definition) is 3. The van der Waals surface area contributed by atoms with Crippen molar-refractivity contribution in [3.8, 4) is 0 Å². The first-order valence-electron chi connectivity index (χ1n) is 5.25. The van der Waals surface area contributed by atoms with Gasteiger partial charge in [0.1, 0.15) is 0 Å². The van der Waals surface area contributed by atoms with E-state index < -0.39 is 10.0 Å². The number of nitrogens with one attached hydrogen (secondary N) is 1. The van der Waals surface area contributed by atoms with Gasteiger partial charge in [0.25, 0.3) is 0 Å². The fraction of sp³-hybridized carbons (Fsp3) is 1.00. The van der Waals surface area contributed by atoms with Crippen molar-refractivity contribution in [2.24, 2.45) is 0 Å². The van der Waals surface area contributed by atoms with Crippen LogP contribution < -0.4 is 4.72 Å². The lowest BCUT2D eigenvalue weighted by atomic mass is 10.5. The van der Waals surface area contributed by atoms with E-state index in [1.807, 2.05) is 6.92 Å². The van der Waals surface area contributed by atoms with E-state index in [0.717, 1.165) is 19.6 Å². The highest BCUT2D eigenvalue weighted by Crippen LogP contribution is 1.89. The van der Waals surface area contributed by atoms with Crippen LogP contribution in [0.2, 0.25) is 0 Å². The molecule has 0 bridgehead atoms. The Morgan fingerprint density at radius 2 is 1.71 bits per heavy atom. The third kappa shape index (κ3) is 6.34. The summed E-state index contributed by atoms with van der Waals surface area (Å²) in [4.78, 5) is 2.19. The molecule has 0 saturated carbocycles. The second-order valence-corrected chi connectivity index (χ2v) is 5.17. The van der Waals surface area contributed by atoms with Crippen LogP contribution in [0.3, 0.4) is 0 Å². The molecule has 0 rings (SSSR count). The van der Waals surface area contributed by atoms with Gasteiger partial charge in [0.15, 0.2) is 0 Å². The number of sulfonamides is 1. The molecule has 0 fully saturated rings. The molecule has 0 aromatic carbocycles. The monoisotopic (exact) mass is 222 g/mol.